The number of nitrogens with one attached hydrogen (secondary N) is 1. The van der Waals surface area contributed by atoms with Crippen LogP contribution >= 0.6 is 11.3 Å². The van der Waals surface area contributed by atoms with Crippen molar-refractivity contribution in [3.05, 3.63) is 39.8 Å². The fourth-order valence-corrected chi connectivity index (χ4v) is 5.97. The number of thiazole rings is 1. The van der Waals surface area contributed by atoms with Gasteiger partial charge in [-0.05, 0) is 69.8 Å². The summed E-state index contributed by atoms with van der Waals surface area (Å²) in [4.78, 5) is 35.4. The Morgan fingerprint density at radius 3 is 2.68 bits per heavy atom. The first-order valence-electron chi connectivity index (χ1n) is 12.1. The van der Waals surface area contributed by atoms with E-state index in [0.29, 0.717) is 31.7 Å². The number of hydrogen-bond acceptors (Lipinski definition) is 7. The van der Waals surface area contributed by atoms with Crippen molar-refractivity contribution in [1.29, 1.82) is 0 Å². The second-order valence-electron chi connectivity index (χ2n) is 9.11. The van der Waals surface area contributed by atoms with E-state index in [-0.39, 0.29) is 23.6 Å². The monoisotopic (exact) mass is 486 g/mol. The highest BCUT2D eigenvalue weighted by molar-refractivity contribution is 7.09. The smallest absolute Gasteiger partial charge is 0.325 e. The molecule has 0 spiro atoms. The van der Waals surface area contributed by atoms with E-state index in [0.717, 1.165) is 48.6 Å². The molecule has 0 unspecified atom stereocenters. The van der Waals surface area contributed by atoms with Crippen LogP contribution in [-0.2, 0) is 17.8 Å². The zero-order valence-electron chi connectivity index (χ0n) is 20.2. The van der Waals surface area contributed by atoms with Gasteiger partial charge in [-0.15, -0.1) is 11.3 Å². The zero-order chi connectivity index (χ0) is 24.3. The minimum absolute atomic E-state index is 0.0829. The van der Waals surface area contributed by atoms with Gasteiger partial charge < -0.3 is 15.2 Å². The van der Waals surface area contributed by atoms with Crippen molar-refractivity contribution in [3.63, 3.8) is 0 Å². The fraction of sp³-hybridized carbons (Fsp3) is 0.560. The summed E-state index contributed by atoms with van der Waals surface area (Å²) >= 11 is 1.57. The van der Waals surface area contributed by atoms with E-state index in [1.165, 1.54) is 4.90 Å². The lowest BCUT2D eigenvalue weighted by Crippen LogP contribution is -2.55. The predicted molar refractivity (Wildman–Crippen MR) is 131 cm³/mol. The molecule has 2 aliphatic heterocycles. The second kappa shape index (κ2) is 10.3. The minimum Gasteiger partial charge on any atom is -0.504 e. The van der Waals surface area contributed by atoms with E-state index in [9.17, 15) is 14.7 Å². The maximum absolute atomic E-state index is 13.5. The van der Waals surface area contributed by atoms with Crippen LogP contribution in [0.4, 0.5) is 4.79 Å². The lowest BCUT2D eigenvalue weighted by molar-refractivity contribution is -0.134. The van der Waals surface area contributed by atoms with Crippen molar-refractivity contribution in [2.75, 3.05) is 26.2 Å². The molecule has 2 N–H and O–H groups in total. The van der Waals surface area contributed by atoms with Crippen LogP contribution in [0.2, 0.25) is 0 Å². The minimum atomic E-state index is -0.813. The number of imide groups is 1. The van der Waals surface area contributed by atoms with Crippen molar-refractivity contribution in [3.8, 4) is 11.5 Å². The van der Waals surface area contributed by atoms with E-state index in [4.69, 9.17) is 4.74 Å². The summed E-state index contributed by atoms with van der Waals surface area (Å²) < 4.78 is 5.51. The predicted octanol–water partition coefficient (Wildman–Crippen LogP) is 3.71. The van der Waals surface area contributed by atoms with E-state index < -0.39 is 5.54 Å². The molecule has 1 aromatic heterocycles. The number of nitrogens with zero attached hydrogens (tertiary/aromatic N) is 3. The van der Waals surface area contributed by atoms with Gasteiger partial charge in [0.15, 0.2) is 11.5 Å². The number of piperidine rings is 1. The molecule has 3 heterocycles. The molecule has 2 aromatic rings. The van der Waals surface area contributed by atoms with Gasteiger partial charge >= 0.3 is 6.03 Å². The quantitative estimate of drug-likeness (QED) is 0.525. The van der Waals surface area contributed by atoms with Gasteiger partial charge in [0.05, 0.1) is 17.8 Å². The second-order valence-corrected chi connectivity index (χ2v) is 10.0. The number of ether oxygens (including phenoxy) is 1. The van der Waals surface area contributed by atoms with Gasteiger partial charge in [0.1, 0.15) is 5.54 Å². The van der Waals surface area contributed by atoms with E-state index in [2.05, 4.69) is 15.2 Å². The molecule has 4 rings (SSSR count). The Hall–Kier alpha value is -2.65. The molecule has 2 saturated heterocycles. The molecular formula is C25H34N4O4S. The maximum Gasteiger partial charge on any atom is 0.325 e. The van der Waals surface area contributed by atoms with Crippen molar-refractivity contribution in [2.45, 2.75) is 58.5 Å². The molecular weight excluding hydrogens is 452 g/mol. The lowest BCUT2D eigenvalue weighted by atomic mass is 9.75. The zero-order valence-corrected chi connectivity index (χ0v) is 21.0. The Balaban J connectivity index is 1.37. The largest absolute Gasteiger partial charge is 0.504 e. The van der Waals surface area contributed by atoms with Crippen LogP contribution in [0.1, 0.15) is 49.2 Å². The molecule has 1 aromatic carbocycles. The number of aromatic hydroxyl groups is 1. The number of hydrogen-bond donors (Lipinski definition) is 2. The summed E-state index contributed by atoms with van der Waals surface area (Å²) in [7, 11) is 0. The van der Waals surface area contributed by atoms with Crippen molar-refractivity contribution in [2.24, 2.45) is 5.92 Å². The number of amides is 3. The van der Waals surface area contributed by atoms with Crippen LogP contribution in [0.25, 0.3) is 0 Å². The highest BCUT2D eigenvalue weighted by Gasteiger charge is 2.54. The highest BCUT2D eigenvalue weighted by atomic mass is 32.1. The molecule has 2 fully saturated rings. The van der Waals surface area contributed by atoms with Gasteiger partial charge in [0.2, 0.25) is 0 Å². The van der Waals surface area contributed by atoms with Crippen LogP contribution in [-0.4, -0.2) is 63.6 Å². The number of likely N-dealkylation sites (tertiary alicyclic amines) is 1. The average molecular weight is 487 g/mol. The standard InChI is InChI=1S/C25H34N4O4S/c1-4-25(23(31)29(24(32)27-25)13-10-22-17(3)26-16-34-22)19-8-11-28(12-9-19)15-18-6-7-20(30)21(14-18)33-5-2/h6-7,14,16,19,30H,4-5,8-13,15H2,1-3H3,(H,27,32)/t25-/m1/s1. The molecule has 34 heavy (non-hydrogen) atoms. The molecule has 1 atom stereocenters. The topological polar surface area (TPSA) is 95.0 Å². The third kappa shape index (κ3) is 4.77. The van der Waals surface area contributed by atoms with Crippen LogP contribution < -0.4 is 10.1 Å². The van der Waals surface area contributed by atoms with Crippen molar-refractivity contribution in [1.82, 2.24) is 20.1 Å². The van der Waals surface area contributed by atoms with Gasteiger partial charge in [-0.2, -0.15) is 0 Å². The summed E-state index contributed by atoms with van der Waals surface area (Å²) in [6, 6.07) is 5.21. The van der Waals surface area contributed by atoms with Crippen LogP contribution in [0, 0.1) is 12.8 Å². The molecule has 0 aliphatic carbocycles. The van der Waals surface area contributed by atoms with E-state index >= 15 is 0 Å². The average Bonchev–Trinajstić information content (AvgIpc) is 3.35. The maximum atomic E-state index is 13.5. The number of urea groups is 1. The number of benzene rings is 1. The van der Waals surface area contributed by atoms with Crippen molar-refractivity contribution < 1.29 is 19.4 Å². The Bertz CT molecular complexity index is 1030. The first-order chi connectivity index (χ1) is 16.4. The third-order valence-corrected chi connectivity index (χ3v) is 8.18. The summed E-state index contributed by atoms with van der Waals surface area (Å²) in [5, 5.41) is 13.0. The molecule has 3 amide bonds. The SMILES string of the molecule is CCOc1cc(CN2CCC([C@@]3(CC)NC(=O)N(CCc4scnc4C)C3=O)CC2)ccc1O. The summed E-state index contributed by atoms with van der Waals surface area (Å²) in [5.41, 5.74) is 3.04. The third-order valence-electron chi connectivity index (χ3n) is 7.18. The number of carbonyl (C=O) groups excluding carboxylic acids is 2. The molecule has 9 heteroatoms. The van der Waals surface area contributed by atoms with Gasteiger partial charge in [0.25, 0.3) is 5.91 Å². The van der Waals surface area contributed by atoms with Gasteiger partial charge in [0, 0.05) is 24.4 Å². The summed E-state index contributed by atoms with van der Waals surface area (Å²) in [6.07, 6.45) is 2.92. The molecule has 0 bridgehead atoms. The van der Waals surface area contributed by atoms with Crippen LogP contribution in [0.5, 0.6) is 11.5 Å². The van der Waals surface area contributed by atoms with Crippen molar-refractivity contribution >= 4 is 23.3 Å². The van der Waals surface area contributed by atoms with E-state index in [1.54, 1.807) is 22.9 Å². The number of aryl methyl sites for hydroxylation is 1. The Morgan fingerprint density at radius 1 is 1.26 bits per heavy atom. The number of phenols is 1. The Labute approximate surface area is 204 Å². The summed E-state index contributed by atoms with van der Waals surface area (Å²) in [6.45, 7) is 9.18. The number of aromatic nitrogens is 1. The van der Waals surface area contributed by atoms with Gasteiger partial charge in [-0.3, -0.25) is 14.6 Å². The fourth-order valence-electron chi connectivity index (χ4n) is 5.20. The molecule has 184 valence electrons. The molecule has 0 saturated carbocycles. The number of carbonyl (C=O) groups is 2. The molecule has 8 nitrogen and oxygen atoms in total. The molecule has 0 radical (unpaired) electrons. The van der Waals surface area contributed by atoms with Gasteiger partial charge in [-0.1, -0.05) is 13.0 Å². The van der Waals surface area contributed by atoms with E-state index in [1.807, 2.05) is 32.9 Å². The van der Waals surface area contributed by atoms with Gasteiger partial charge in [-0.25, -0.2) is 9.78 Å². The highest BCUT2D eigenvalue weighted by Crippen LogP contribution is 2.37. The summed E-state index contributed by atoms with van der Waals surface area (Å²) in [5.74, 6) is 0.687. The Kier molecular flexibility index (Phi) is 7.42. The normalized spacial score (nSPS) is 21.8. The first kappa shape index (κ1) is 24.5. The number of phenolic OH excluding ortho intramolecular Hbond substituents is 1. The number of rotatable bonds is 9. The van der Waals surface area contributed by atoms with Crippen LogP contribution in [0.15, 0.2) is 23.7 Å². The molecule has 2 aliphatic rings. The lowest BCUT2D eigenvalue weighted by Gasteiger charge is -2.40. The van der Waals surface area contributed by atoms with Crippen LogP contribution in [0.3, 0.4) is 0 Å². The first-order valence-corrected chi connectivity index (χ1v) is 13.0. The Morgan fingerprint density at radius 2 is 2.03 bits per heavy atom.